The molecule has 4 N–H and O–H groups in total. The van der Waals surface area contributed by atoms with E-state index < -0.39 is 6.09 Å². The van der Waals surface area contributed by atoms with Crippen LogP contribution in [0.5, 0.6) is 0 Å². The van der Waals surface area contributed by atoms with Crippen molar-refractivity contribution in [3.05, 3.63) is 40.7 Å². The average Bonchev–Trinajstić information content (AvgIpc) is 3.10. The van der Waals surface area contributed by atoms with Crippen LogP contribution in [0.15, 0.2) is 28.8 Å². The van der Waals surface area contributed by atoms with E-state index in [0.29, 0.717) is 18.1 Å². The van der Waals surface area contributed by atoms with Gasteiger partial charge >= 0.3 is 6.09 Å². The highest BCUT2D eigenvalue weighted by Gasteiger charge is 2.31. The molecule has 2 aliphatic rings. The first kappa shape index (κ1) is 15.2. The van der Waals surface area contributed by atoms with Gasteiger partial charge in [-0.1, -0.05) is 11.6 Å². The second-order valence-corrected chi connectivity index (χ2v) is 6.55. The third-order valence-corrected chi connectivity index (χ3v) is 4.71. The first-order valence-corrected chi connectivity index (χ1v) is 8.08. The molecule has 2 aromatic rings. The second-order valence-electron chi connectivity index (χ2n) is 6.12. The van der Waals surface area contributed by atoms with E-state index in [0.717, 1.165) is 41.0 Å². The number of likely N-dealkylation sites (tertiary alicyclic amines) is 1. The zero-order valence-corrected chi connectivity index (χ0v) is 13.6. The Morgan fingerprint density at radius 1 is 1.46 bits per heavy atom. The van der Waals surface area contributed by atoms with Crippen molar-refractivity contribution < 1.29 is 14.3 Å². The highest BCUT2D eigenvalue weighted by Crippen LogP contribution is 2.38. The van der Waals surface area contributed by atoms with Crippen LogP contribution in [0.2, 0.25) is 5.02 Å². The molecule has 1 saturated heterocycles. The maximum absolute atomic E-state index is 10.8. The van der Waals surface area contributed by atoms with Gasteiger partial charge in [-0.3, -0.25) is 0 Å². The summed E-state index contributed by atoms with van der Waals surface area (Å²) < 4.78 is 6.05. The Balaban J connectivity index is 1.70. The highest BCUT2D eigenvalue weighted by molar-refractivity contribution is 6.31. The van der Waals surface area contributed by atoms with Crippen LogP contribution in [-0.4, -0.2) is 40.2 Å². The molecule has 2 aliphatic heterocycles. The largest absolute Gasteiger partial charge is 0.465 e. The minimum Gasteiger partial charge on any atom is -0.465 e. The van der Waals surface area contributed by atoms with Crippen molar-refractivity contribution in [1.29, 1.82) is 0 Å². The Morgan fingerprint density at radius 3 is 3.08 bits per heavy atom. The van der Waals surface area contributed by atoms with E-state index in [4.69, 9.17) is 27.0 Å². The zero-order valence-electron chi connectivity index (χ0n) is 12.8. The van der Waals surface area contributed by atoms with Gasteiger partial charge in [0, 0.05) is 41.3 Å². The summed E-state index contributed by atoms with van der Waals surface area (Å²) in [6, 6.07) is 5.47. The normalized spacial score (nSPS) is 20.2. The Bertz CT molecular complexity index is 847. The number of rotatable bonds is 2. The SMILES string of the molecule is NN1C=C(N2CCC(NC(=O)O)C2)c2oc3cc(Cl)ccc3c2C1. The summed E-state index contributed by atoms with van der Waals surface area (Å²) in [5, 5.41) is 14.7. The number of furan rings is 1. The van der Waals surface area contributed by atoms with Crippen LogP contribution in [-0.2, 0) is 6.54 Å². The lowest BCUT2D eigenvalue weighted by atomic mass is 10.1. The molecule has 24 heavy (non-hydrogen) atoms. The van der Waals surface area contributed by atoms with Gasteiger partial charge in [0.2, 0.25) is 0 Å². The molecule has 0 radical (unpaired) electrons. The van der Waals surface area contributed by atoms with Crippen LogP contribution < -0.4 is 11.2 Å². The van der Waals surface area contributed by atoms with E-state index in [9.17, 15) is 4.79 Å². The van der Waals surface area contributed by atoms with Gasteiger partial charge in [0.05, 0.1) is 18.3 Å². The summed E-state index contributed by atoms with van der Waals surface area (Å²) in [7, 11) is 0. The van der Waals surface area contributed by atoms with Gasteiger partial charge in [-0.05, 0) is 18.6 Å². The number of carbonyl (C=O) groups is 1. The Labute approximate surface area is 143 Å². The van der Waals surface area contributed by atoms with Crippen molar-refractivity contribution in [1.82, 2.24) is 15.2 Å². The summed E-state index contributed by atoms with van der Waals surface area (Å²) in [6.07, 6.45) is 1.59. The summed E-state index contributed by atoms with van der Waals surface area (Å²) in [5.74, 6) is 6.84. The van der Waals surface area contributed by atoms with Crippen molar-refractivity contribution in [2.75, 3.05) is 13.1 Å². The number of halogens is 1. The van der Waals surface area contributed by atoms with Crippen LogP contribution in [0, 0.1) is 0 Å². The molecule has 1 amide bonds. The zero-order chi connectivity index (χ0) is 16.8. The number of hydrogen-bond acceptors (Lipinski definition) is 5. The average molecular weight is 349 g/mol. The lowest BCUT2D eigenvalue weighted by Crippen LogP contribution is -2.36. The molecular weight excluding hydrogens is 332 g/mol. The molecule has 3 heterocycles. The van der Waals surface area contributed by atoms with Crippen LogP contribution in [0.4, 0.5) is 4.79 Å². The fraction of sp³-hybridized carbons (Fsp3) is 0.312. The second kappa shape index (κ2) is 5.61. The summed E-state index contributed by atoms with van der Waals surface area (Å²) in [6.45, 7) is 1.88. The van der Waals surface area contributed by atoms with Crippen LogP contribution in [0.25, 0.3) is 16.7 Å². The molecule has 0 bridgehead atoms. The number of amides is 1. The van der Waals surface area contributed by atoms with Crippen molar-refractivity contribution in [2.24, 2.45) is 5.84 Å². The molecule has 8 heteroatoms. The Kier molecular flexibility index (Phi) is 3.54. The van der Waals surface area contributed by atoms with Crippen LogP contribution in [0.1, 0.15) is 17.7 Å². The van der Waals surface area contributed by atoms with E-state index >= 15 is 0 Å². The fourth-order valence-corrected chi connectivity index (χ4v) is 3.59. The van der Waals surface area contributed by atoms with Crippen molar-refractivity contribution >= 4 is 34.4 Å². The van der Waals surface area contributed by atoms with E-state index in [2.05, 4.69) is 10.2 Å². The highest BCUT2D eigenvalue weighted by atomic mass is 35.5. The number of hydrazine groups is 1. The Hall–Kier alpha value is -2.38. The minimum absolute atomic E-state index is 0.0983. The molecule has 1 fully saturated rings. The predicted molar refractivity (Wildman–Crippen MR) is 90.1 cm³/mol. The smallest absolute Gasteiger partial charge is 0.404 e. The number of nitrogens with two attached hydrogens (primary N) is 1. The first-order valence-electron chi connectivity index (χ1n) is 7.70. The number of fused-ring (bicyclic) bond motifs is 3. The van der Waals surface area contributed by atoms with Gasteiger partial charge in [-0.15, -0.1) is 0 Å². The topological polar surface area (TPSA) is 95.0 Å². The molecule has 0 saturated carbocycles. The lowest BCUT2D eigenvalue weighted by Gasteiger charge is -2.28. The quantitative estimate of drug-likeness (QED) is 0.721. The monoisotopic (exact) mass is 348 g/mol. The van der Waals surface area contributed by atoms with Gasteiger partial charge in [0.1, 0.15) is 5.58 Å². The molecule has 7 nitrogen and oxygen atoms in total. The van der Waals surface area contributed by atoms with Gasteiger partial charge in [0.25, 0.3) is 0 Å². The number of nitrogens with zero attached hydrogens (tertiary/aromatic N) is 2. The molecular formula is C16H17ClN4O3. The molecule has 0 spiro atoms. The van der Waals surface area contributed by atoms with E-state index in [1.54, 1.807) is 11.1 Å². The lowest BCUT2D eigenvalue weighted by molar-refractivity contribution is 0.190. The molecule has 126 valence electrons. The van der Waals surface area contributed by atoms with Crippen LogP contribution in [0.3, 0.4) is 0 Å². The Morgan fingerprint density at radius 2 is 2.29 bits per heavy atom. The molecule has 1 aromatic carbocycles. The van der Waals surface area contributed by atoms with Crippen molar-refractivity contribution in [3.8, 4) is 0 Å². The van der Waals surface area contributed by atoms with E-state index in [1.165, 1.54) is 0 Å². The summed E-state index contributed by atoms with van der Waals surface area (Å²) in [4.78, 5) is 12.9. The summed E-state index contributed by atoms with van der Waals surface area (Å²) in [5.41, 5.74) is 2.63. The first-order chi connectivity index (χ1) is 11.5. The molecule has 0 aliphatic carbocycles. The number of carboxylic acid groups (broad SMARTS) is 1. The maximum Gasteiger partial charge on any atom is 0.404 e. The molecule has 1 aromatic heterocycles. The maximum atomic E-state index is 10.8. The van der Waals surface area contributed by atoms with Gasteiger partial charge in [0.15, 0.2) is 5.76 Å². The standard InChI is InChI=1S/C16H17ClN4O3/c17-9-1-2-11-12-7-21(18)8-13(15(12)24-14(11)5-9)20-4-3-10(6-20)19-16(22)23/h1-2,5,8,10,19H,3-4,6-7,18H2,(H,22,23). The molecule has 1 atom stereocenters. The van der Waals surface area contributed by atoms with E-state index in [1.807, 2.05) is 18.3 Å². The fourth-order valence-electron chi connectivity index (χ4n) is 3.43. The molecule has 4 rings (SSSR count). The third-order valence-electron chi connectivity index (χ3n) is 4.47. The van der Waals surface area contributed by atoms with Gasteiger partial charge < -0.3 is 24.7 Å². The van der Waals surface area contributed by atoms with E-state index in [-0.39, 0.29) is 6.04 Å². The van der Waals surface area contributed by atoms with Crippen molar-refractivity contribution in [3.63, 3.8) is 0 Å². The summed E-state index contributed by atoms with van der Waals surface area (Å²) >= 11 is 6.06. The van der Waals surface area contributed by atoms with Gasteiger partial charge in [-0.2, -0.15) is 0 Å². The number of nitrogens with one attached hydrogen (secondary N) is 1. The van der Waals surface area contributed by atoms with Crippen molar-refractivity contribution in [2.45, 2.75) is 19.0 Å². The number of hydrogen-bond donors (Lipinski definition) is 3. The van der Waals surface area contributed by atoms with Crippen LogP contribution >= 0.6 is 11.6 Å². The molecule has 1 unspecified atom stereocenters. The van der Waals surface area contributed by atoms with Gasteiger partial charge in [-0.25, -0.2) is 10.6 Å². The number of benzene rings is 1. The third kappa shape index (κ3) is 2.55. The predicted octanol–water partition coefficient (Wildman–Crippen LogP) is 2.42. The minimum atomic E-state index is -1.00.